The first kappa shape index (κ1) is 17.9. The Morgan fingerprint density at radius 2 is 1.62 bits per heavy atom. The van der Waals surface area contributed by atoms with Crippen molar-refractivity contribution in [3.8, 4) is 0 Å². The van der Waals surface area contributed by atoms with Crippen molar-refractivity contribution in [3.63, 3.8) is 0 Å². The summed E-state index contributed by atoms with van der Waals surface area (Å²) in [6.07, 6.45) is 5.04. The van der Waals surface area contributed by atoms with Crippen molar-refractivity contribution in [1.82, 2.24) is 0 Å². The molecule has 0 aromatic heterocycles. The first-order valence-electron chi connectivity index (χ1n) is 9.30. The number of hydrogen-bond acceptors (Lipinski definition) is 0. The predicted octanol–water partition coefficient (Wildman–Crippen LogP) is 6.17. The van der Waals surface area contributed by atoms with E-state index in [0.29, 0.717) is 0 Å². The van der Waals surface area contributed by atoms with Crippen LogP contribution in [0.1, 0.15) is 23.6 Å². The van der Waals surface area contributed by atoms with Gasteiger partial charge in [-0.25, -0.2) is 0 Å². The summed E-state index contributed by atoms with van der Waals surface area (Å²) in [5.41, 5.74) is 6.33. The number of benzene rings is 2. The number of hydrogen-bond donors (Lipinski definition) is 0. The molecule has 2 heteroatoms. The molecule has 0 nitrogen and oxygen atoms in total. The monoisotopic (exact) mass is 424 g/mol. The first-order valence-corrected chi connectivity index (χ1v) is 19.3. The van der Waals surface area contributed by atoms with Crippen molar-refractivity contribution in [2.75, 3.05) is 0 Å². The molecule has 1 aliphatic rings. The zero-order chi connectivity index (χ0) is 17.2. The molecule has 0 fully saturated rings. The van der Waals surface area contributed by atoms with Crippen LogP contribution in [0.5, 0.6) is 0 Å². The Bertz CT molecular complexity index is 725. The fourth-order valence-corrected chi connectivity index (χ4v) is 7.15. The summed E-state index contributed by atoms with van der Waals surface area (Å²) in [7, 11) is 0. The average Bonchev–Trinajstić information content (AvgIpc) is 2.59. The zero-order valence-electron chi connectivity index (χ0n) is 15.6. The first-order chi connectivity index (χ1) is 11.5. The van der Waals surface area contributed by atoms with E-state index in [4.69, 9.17) is 0 Å². The van der Waals surface area contributed by atoms with Gasteiger partial charge in [0.1, 0.15) is 0 Å². The molecule has 24 heavy (non-hydrogen) atoms. The van der Waals surface area contributed by atoms with Gasteiger partial charge in [-0.3, -0.25) is 0 Å². The molecule has 0 unspecified atom stereocenters. The van der Waals surface area contributed by atoms with Gasteiger partial charge >= 0.3 is 153 Å². The standard InChI is InChI=1S/C19H20B.3CH3.Sn/c1-2-19-18-11-7-6-10-17(18)13-15-20(19)14-12-16-8-4-3-5-9-16;;;;/h3-11H,12-15H2,1H3;3*1H3;. The van der Waals surface area contributed by atoms with Gasteiger partial charge in [0.2, 0.25) is 0 Å². The summed E-state index contributed by atoms with van der Waals surface area (Å²) in [5, 5.41) is 0. The maximum atomic E-state index is 2.56. The third kappa shape index (κ3) is 3.99. The zero-order valence-corrected chi connectivity index (χ0v) is 18.5. The minimum atomic E-state index is -2.06. The van der Waals surface area contributed by atoms with Crippen molar-refractivity contribution >= 4 is 30.6 Å². The Morgan fingerprint density at radius 3 is 2.33 bits per heavy atom. The maximum absolute atomic E-state index is 2.56. The van der Waals surface area contributed by atoms with Crippen molar-refractivity contribution in [3.05, 3.63) is 74.9 Å². The van der Waals surface area contributed by atoms with Gasteiger partial charge in [-0.15, -0.1) is 0 Å². The van der Waals surface area contributed by atoms with Crippen molar-refractivity contribution in [2.45, 2.75) is 47.2 Å². The van der Waals surface area contributed by atoms with Crippen LogP contribution in [0, 0.1) is 0 Å². The molecule has 0 amide bonds. The molecule has 124 valence electrons. The van der Waals surface area contributed by atoms with Crippen LogP contribution in [0.4, 0.5) is 0 Å². The van der Waals surface area contributed by atoms with Gasteiger partial charge in [-0.05, 0) is 0 Å². The van der Waals surface area contributed by atoms with Crippen LogP contribution in [-0.4, -0.2) is 25.1 Å². The molecule has 1 aliphatic heterocycles. The van der Waals surface area contributed by atoms with E-state index in [0.717, 1.165) is 6.71 Å². The predicted molar refractivity (Wildman–Crippen MR) is 112 cm³/mol. The van der Waals surface area contributed by atoms with Gasteiger partial charge in [0, 0.05) is 0 Å². The number of rotatable bonds is 4. The van der Waals surface area contributed by atoms with Crippen LogP contribution in [0.15, 0.2) is 58.2 Å². The molecule has 0 bridgehead atoms. The second-order valence-corrected chi connectivity index (χ2v) is 23.2. The topological polar surface area (TPSA) is 0 Å². The molecule has 2 aromatic carbocycles. The SMILES string of the molecule is C/[C](=C1/B(CCc2ccccc2)CCc2ccccc21)[Sn]([CH3])([CH3])[CH3]. The fourth-order valence-electron chi connectivity index (χ4n) is 3.88. The second kappa shape index (κ2) is 7.51. The van der Waals surface area contributed by atoms with Crippen LogP contribution in [0.2, 0.25) is 27.5 Å². The van der Waals surface area contributed by atoms with Crippen molar-refractivity contribution in [1.29, 1.82) is 0 Å². The van der Waals surface area contributed by atoms with Crippen LogP contribution in [0.25, 0.3) is 5.47 Å². The Kier molecular flexibility index (Phi) is 5.59. The van der Waals surface area contributed by atoms with Gasteiger partial charge in [0.05, 0.1) is 0 Å². The van der Waals surface area contributed by atoms with Gasteiger partial charge in [0.25, 0.3) is 0 Å². The molecule has 3 rings (SSSR count). The van der Waals surface area contributed by atoms with E-state index in [1.807, 2.05) is 0 Å². The third-order valence-electron chi connectivity index (χ3n) is 5.63. The van der Waals surface area contributed by atoms with E-state index in [1.54, 1.807) is 20.2 Å². The summed E-state index contributed by atoms with van der Waals surface area (Å²) in [6.45, 7) is 3.18. The van der Waals surface area contributed by atoms with Crippen LogP contribution < -0.4 is 0 Å². The molecule has 2 aromatic rings. The molecule has 0 radical (unpaired) electrons. The molecule has 0 N–H and O–H groups in total. The number of allylic oxidation sites excluding steroid dienone is 1. The van der Waals surface area contributed by atoms with E-state index in [2.05, 4.69) is 76.3 Å². The molecule has 0 spiro atoms. The van der Waals surface area contributed by atoms with Gasteiger partial charge in [-0.1, -0.05) is 0 Å². The van der Waals surface area contributed by atoms with Crippen LogP contribution in [0.3, 0.4) is 0 Å². The number of aryl methyl sites for hydroxylation is 2. The third-order valence-corrected chi connectivity index (χ3v) is 12.8. The normalized spacial score (nSPS) is 16.8. The summed E-state index contributed by atoms with van der Waals surface area (Å²) >= 11 is -2.06. The molecule has 1 heterocycles. The summed E-state index contributed by atoms with van der Waals surface area (Å²) in [4.78, 5) is 7.67. The van der Waals surface area contributed by atoms with Crippen molar-refractivity contribution < 1.29 is 0 Å². The van der Waals surface area contributed by atoms with E-state index < -0.39 is 18.4 Å². The molecule has 0 saturated carbocycles. The Morgan fingerprint density at radius 1 is 0.958 bits per heavy atom. The summed E-state index contributed by atoms with van der Waals surface area (Å²) in [5.74, 6) is 0. The average molecular weight is 423 g/mol. The van der Waals surface area contributed by atoms with Gasteiger partial charge in [0.15, 0.2) is 0 Å². The van der Waals surface area contributed by atoms with Crippen LogP contribution in [-0.2, 0) is 12.8 Å². The summed E-state index contributed by atoms with van der Waals surface area (Å²) < 4.78 is 1.77. The van der Waals surface area contributed by atoms with Crippen LogP contribution >= 0.6 is 0 Å². The second-order valence-electron chi connectivity index (χ2n) is 8.21. The van der Waals surface area contributed by atoms with E-state index in [-0.39, 0.29) is 0 Å². The quantitative estimate of drug-likeness (QED) is 0.517. The Hall–Kier alpha value is -0.956. The molecule has 0 saturated heterocycles. The van der Waals surface area contributed by atoms with E-state index in [9.17, 15) is 0 Å². The van der Waals surface area contributed by atoms with Crippen molar-refractivity contribution in [2.24, 2.45) is 0 Å². The molecular formula is C22H29BSn. The van der Waals surface area contributed by atoms with E-state index in [1.165, 1.54) is 31.0 Å². The van der Waals surface area contributed by atoms with Gasteiger partial charge in [-0.2, -0.15) is 0 Å². The fraction of sp³-hybridized carbons (Fsp3) is 0.364. The van der Waals surface area contributed by atoms with Gasteiger partial charge < -0.3 is 0 Å². The molecule has 0 atom stereocenters. The molecular weight excluding hydrogens is 394 g/mol. The Labute approximate surface area is 152 Å². The summed E-state index contributed by atoms with van der Waals surface area (Å²) in [6, 6.07) is 20.1. The Balaban J connectivity index is 1.94. The van der Waals surface area contributed by atoms with E-state index >= 15 is 0 Å². The minimum absolute atomic E-state index is 0.732. The molecule has 0 aliphatic carbocycles. The number of fused-ring (bicyclic) bond motifs is 1.